The zero-order chi connectivity index (χ0) is 23.6. The van der Waals surface area contributed by atoms with Gasteiger partial charge in [0.05, 0.1) is 22.9 Å². The molecule has 4 rings (SSSR count). The summed E-state index contributed by atoms with van der Waals surface area (Å²) in [7, 11) is 0. The third kappa shape index (κ3) is 5.06. The zero-order valence-electron chi connectivity index (χ0n) is 17.7. The van der Waals surface area contributed by atoms with Crippen molar-refractivity contribution in [3.63, 3.8) is 0 Å². The first-order chi connectivity index (χ1) is 15.7. The molecule has 172 valence electrons. The Labute approximate surface area is 187 Å². The van der Waals surface area contributed by atoms with E-state index in [1.807, 2.05) is 4.90 Å². The molecular weight excluding hydrogens is 438 g/mol. The number of aromatic nitrogens is 3. The van der Waals surface area contributed by atoms with Crippen LogP contribution in [0.15, 0.2) is 36.5 Å². The number of pyridine rings is 1. The van der Waals surface area contributed by atoms with Crippen molar-refractivity contribution in [3.05, 3.63) is 64.7 Å². The Bertz CT molecular complexity index is 1160. The van der Waals surface area contributed by atoms with Crippen LogP contribution in [0.3, 0.4) is 0 Å². The van der Waals surface area contributed by atoms with Gasteiger partial charge in [-0.15, -0.1) is 0 Å². The van der Waals surface area contributed by atoms with Gasteiger partial charge in [-0.25, -0.2) is 9.37 Å². The molecule has 0 unspecified atom stereocenters. The van der Waals surface area contributed by atoms with Gasteiger partial charge in [0.25, 0.3) is 0 Å². The van der Waals surface area contributed by atoms with E-state index in [1.54, 1.807) is 24.4 Å². The molecule has 7 nitrogen and oxygen atoms in total. The monoisotopic (exact) mass is 459 g/mol. The summed E-state index contributed by atoms with van der Waals surface area (Å²) >= 11 is 0. The predicted octanol–water partition coefficient (Wildman–Crippen LogP) is 4.21. The number of rotatable bonds is 5. The minimum absolute atomic E-state index is 0.00394. The Kier molecular flexibility index (Phi) is 6.20. The summed E-state index contributed by atoms with van der Waals surface area (Å²) in [5, 5.41) is 19.1. The van der Waals surface area contributed by atoms with Crippen LogP contribution in [-0.2, 0) is 12.7 Å². The Hall–Kier alpha value is -3.65. The van der Waals surface area contributed by atoms with E-state index < -0.39 is 17.6 Å². The molecule has 3 aromatic rings. The number of hydrogen-bond acceptors (Lipinski definition) is 6. The van der Waals surface area contributed by atoms with Gasteiger partial charge in [-0.05, 0) is 31.2 Å². The minimum atomic E-state index is -4.72. The van der Waals surface area contributed by atoms with Crippen molar-refractivity contribution in [2.75, 3.05) is 36.4 Å². The van der Waals surface area contributed by atoms with E-state index in [0.717, 1.165) is 6.07 Å². The average molecular weight is 459 g/mol. The van der Waals surface area contributed by atoms with Gasteiger partial charge >= 0.3 is 6.18 Å². The first kappa shape index (κ1) is 22.5. The van der Waals surface area contributed by atoms with Crippen molar-refractivity contribution in [3.8, 4) is 6.07 Å². The number of nitriles is 1. The number of benzene rings is 1. The number of nitrogens with zero attached hydrogens (tertiary/aromatic N) is 5. The lowest BCUT2D eigenvalue weighted by Crippen LogP contribution is -2.46. The quantitative estimate of drug-likeness (QED) is 0.557. The number of nitrogens with one attached hydrogen (secondary N) is 2. The maximum atomic E-state index is 14.3. The first-order valence-corrected chi connectivity index (χ1v) is 10.3. The fourth-order valence-corrected chi connectivity index (χ4v) is 3.87. The van der Waals surface area contributed by atoms with Gasteiger partial charge in [0.15, 0.2) is 5.82 Å². The van der Waals surface area contributed by atoms with Crippen LogP contribution in [0.1, 0.15) is 22.4 Å². The van der Waals surface area contributed by atoms with Crippen molar-refractivity contribution in [1.29, 1.82) is 5.26 Å². The van der Waals surface area contributed by atoms with Crippen LogP contribution in [-0.4, -0.2) is 46.3 Å². The van der Waals surface area contributed by atoms with E-state index in [-0.39, 0.29) is 5.56 Å². The van der Waals surface area contributed by atoms with Gasteiger partial charge in [0.2, 0.25) is 0 Å². The van der Waals surface area contributed by atoms with E-state index in [1.165, 1.54) is 13.0 Å². The van der Waals surface area contributed by atoms with Gasteiger partial charge in [-0.2, -0.15) is 23.5 Å². The molecule has 1 aromatic carbocycles. The van der Waals surface area contributed by atoms with Crippen molar-refractivity contribution in [1.82, 2.24) is 20.1 Å². The molecule has 1 saturated heterocycles. The lowest BCUT2D eigenvalue weighted by molar-refractivity contribution is -0.140. The van der Waals surface area contributed by atoms with Crippen LogP contribution >= 0.6 is 0 Å². The van der Waals surface area contributed by atoms with Gasteiger partial charge in [0.1, 0.15) is 11.6 Å². The summed E-state index contributed by atoms with van der Waals surface area (Å²) in [4.78, 5) is 8.58. The standard InChI is InChI=1S/C22H21F4N7/c1-14-18(3-2-17(21(14)23)22(24,25)26)33-8-6-32(7-9-33)13-16-10-15(12-27)11-20(29-16)30-19-4-5-28-31-19/h2-5,10-11H,6-9,13H2,1H3,(H2,28,29,30,31). The molecule has 33 heavy (non-hydrogen) atoms. The van der Waals surface area contributed by atoms with Crippen LogP contribution < -0.4 is 10.2 Å². The molecule has 0 aliphatic carbocycles. The second kappa shape index (κ2) is 9.07. The van der Waals surface area contributed by atoms with E-state index in [0.29, 0.717) is 61.3 Å². The fourth-order valence-electron chi connectivity index (χ4n) is 3.87. The molecule has 1 aliphatic heterocycles. The van der Waals surface area contributed by atoms with Crippen LogP contribution in [0.2, 0.25) is 0 Å². The summed E-state index contributed by atoms with van der Waals surface area (Å²) in [6.45, 7) is 4.16. The molecule has 1 fully saturated rings. The SMILES string of the molecule is Cc1c(N2CCN(Cc3cc(C#N)cc(Nc4cc[nH]n4)n3)CC2)ccc(C(F)(F)F)c1F. The molecule has 0 amide bonds. The maximum absolute atomic E-state index is 14.3. The minimum Gasteiger partial charge on any atom is -0.369 e. The number of alkyl halides is 3. The highest BCUT2D eigenvalue weighted by atomic mass is 19.4. The summed E-state index contributed by atoms with van der Waals surface area (Å²) in [6, 6.07) is 9.36. The number of H-pyrrole nitrogens is 1. The molecule has 2 N–H and O–H groups in total. The third-order valence-corrected chi connectivity index (χ3v) is 5.53. The van der Waals surface area contributed by atoms with E-state index in [4.69, 9.17) is 0 Å². The number of aromatic amines is 1. The molecule has 0 saturated carbocycles. The lowest BCUT2D eigenvalue weighted by atomic mass is 10.1. The highest BCUT2D eigenvalue weighted by molar-refractivity contribution is 5.56. The van der Waals surface area contributed by atoms with Crippen molar-refractivity contribution in [2.24, 2.45) is 0 Å². The van der Waals surface area contributed by atoms with E-state index in [2.05, 4.69) is 31.5 Å². The molecule has 3 heterocycles. The number of piperazine rings is 1. The summed E-state index contributed by atoms with van der Waals surface area (Å²) in [6.07, 6.45) is -3.05. The first-order valence-electron chi connectivity index (χ1n) is 10.3. The number of anilines is 3. The van der Waals surface area contributed by atoms with Gasteiger partial charge in [0, 0.05) is 56.2 Å². The van der Waals surface area contributed by atoms with Gasteiger partial charge in [-0.3, -0.25) is 10.00 Å². The largest absolute Gasteiger partial charge is 0.419 e. The second-order valence-corrected chi connectivity index (χ2v) is 7.76. The number of hydrogen-bond donors (Lipinski definition) is 2. The highest BCUT2D eigenvalue weighted by Gasteiger charge is 2.35. The molecule has 0 radical (unpaired) electrons. The normalized spacial score (nSPS) is 14.8. The summed E-state index contributed by atoms with van der Waals surface area (Å²) in [5.41, 5.74) is 0.390. The summed E-state index contributed by atoms with van der Waals surface area (Å²) < 4.78 is 53.2. The average Bonchev–Trinajstić information content (AvgIpc) is 3.28. The molecule has 11 heteroatoms. The molecule has 0 spiro atoms. The van der Waals surface area contributed by atoms with E-state index in [9.17, 15) is 22.8 Å². The van der Waals surface area contributed by atoms with Crippen LogP contribution in [0.4, 0.5) is 34.9 Å². The highest BCUT2D eigenvalue weighted by Crippen LogP contribution is 2.35. The van der Waals surface area contributed by atoms with Gasteiger partial charge < -0.3 is 10.2 Å². The van der Waals surface area contributed by atoms with Crippen molar-refractivity contribution in [2.45, 2.75) is 19.6 Å². The third-order valence-electron chi connectivity index (χ3n) is 5.53. The van der Waals surface area contributed by atoms with Crippen molar-refractivity contribution < 1.29 is 17.6 Å². The molecule has 2 aromatic heterocycles. The molecule has 0 bridgehead atoms. The lowest BCUT2D eigenvalue weighted by Gasteiger charge is -2.37. The van der Waals surface area contributed by atoms with Crippen LogP contribution in [0, 0.1) is 24.1 Å². The van der Waals surface area contributed by atoms with Crippen LogP contribution in [0.5, 0.6) is 0 Å². The Balaban J connectivity index is 1.43. The molecule has 1 aliphatic rings. The maximum Gasteiger partial charge on any atom is 0.419 e. The van der Waals surface area contributed by atoms with Gasteiger partial charge in [-0.1, -0.05) is 0 Å². The molecule has 0 atom stereocenters. The van der Waals surface area contributed by atoms with Crippen molar-refractivity contribution >= 4 is 17.3 Å². The zero-order valence-corrected chi connectivity index (χ0v) is 17.7. The van der Waals surface area contributed by atoms with Crippen LogP contribution in [0.25, 0.3) is 0 Å². The predicted molar refractivity (Wildman–Crippen MR) is 114 cm³/mol. The second-order valence-electron chi connectivity index (χ2n) is 7.76. The Morgan fingerprint density at radius 1 is 1.12 bits per heavy atom. The smallest absolute Gasteiger partial charge is 0.369 e. The van der Waals surface area contributed by atoms with E-state index >= 15 is 0 Å². The number of halogens is 4. The Morgan fingerprint density at radius 3 is 2.52 bits per heavy atom. The topological polar surface area (TPSA) is 83.9 Å². The Morgan fingerprint density at radius 2 is 1.88 bits per heavy atom. The molecular formula is C22H21F4N7. The summed E-state index contributed by atoms with van der Waals surface area (Å²) in [5.74, 6) is -0.140. The fraction of sp³-hybridized carbons (Fsp3) is 0.318.